The fraction of sp³-hybridized carbons (Fsp3) is 0.286. The number of halogens is 1. The van der Waals surface area contributed by atoms with E-state index in [1.54, 1.807) is 26.2 Å². The third kappa shape index (κ3) is 5.06. The van der Waals surface area contributed by atoms with E-state index in [1.165, 1.54) is 27.9 Å². The second kappa shape index (κ2) is 7.34. The Morgan fingerprint density at radius 2 is 2.13 bits per heavy atom. The highest BCUT2D eigenvalue weighted by Crippen LogP contribution is 2.03. The molecule has 0 saturated carbocycles. The number of carbonyl (C=O) groups is 2. The van der Waals surface area contributed by atoms with Gasteiger partial charge in [0.15, 0.2) is 5.82 Å². The van der Waals surface area contributed by atoms with Crippen molar-refractivity contribution in [2.75, 3.05) is 19.4 Å². The molecule has 0 aliphatic carbocycles. The number of benzene rings is 1. The van der Waals surface area contributed by atoms with Gasteiger partial charge in [0.2, 0.25) is 5.91 Å². The lowest BCUT2D eigenvalue weighted by molar-refractivity contribution is -0.122. The van der Waals surface area contributed by atoms with Crippen molar-refractivity contribution in [3.63, 3.8) is 0 Å². The molecule has 0 atom stereocenters. The first-order valence-electron chi connectivity index (χ1n) is 6.83. The van der Waals surface area contributed by atoms with E-state index in [4.69, 9.17) is 0 Å². The van der Waals surface area contributed by atoms with Crippen molar-refractivity contribution in [1.29, 1.82) is 0 Å². The Kier molecular flexibility index (Phi) is 5.23. The van der Waals surface area contributed by atoms with Crippen LogP contribution in [0.1, 0.15) is 5.56 Å². The summed E-state index contributed by atoms with van der Waals surface area (Å²) in [6.45, 7) is 0.162. The van der Waals surface area contributed by atoms with E-state index in [1.807, 2.05) is 0 Å². The second-order valence-electron chi connectivity index (χ2n) is 5.03. The van der Waals surface area contributed by atoms with Crippen molar-refractivity contribution in [3.05, 3.63) is 41.8 Å². The molecule has 23 heavy (non-hydrogen) atoms. The largest absolute Gasteiger partial charge is 0.350 e. The van der Waals surface area contributed by atoms with E-state index in [0.29, 0.717) is 5.56 Å². The summed E-state index contributed by atoms with van der Waals surface area (Å²) >= 11 is 0. The molecule has 9 heteroatoms. The lowest BCUT2D eigenvalue weighted by Crippen LogP contribution is -2.28. The average Bonchev–Trinajstić information content (AvgIpc) is 2.92. The Bertz CT molecular complexity index is 700. The Morgan fingerprint density at radius 1 is 1.35 bits per heavy atom. The summed E-state index contributed by atoms with van der Waals surface area (Å²) in [6, 6.07) is 5.64. The molecule has 8 nitrogen and oxygen atoms in total. The Balaban J connectivity index is 1.83. The summed E-state index contributed by atoms with van der Waals surface area (Å²) in [7, 11) is 3.19. The molecule has 0 unspecified atom stereocenters. The summed E-state index contributed by atoms with van der Waals surface area (Å²) in [5.74, 6) is -0.402. The average molecular weight is 320 g/mol. The fourth-order valence-corrected chi connectivity index (χ4v) is 1.70. The predicted molar refractivity (Wildman–Crippen MR) is 81.0 cm³/mol. The molecule has 2 aromatic rings. The van der Waals surface area contributed by atoms with Gasteiger partial charge >= 0.3 is 6.03 Å². The molecule has 0 radical (unpaired) electrons. The first-order valence-corrected chi connectivity index (χ1v) is 6.83. The van der Waals surface area contributed by atoms with E-state index in [-0.39, 0.29) is 36.7 Å². The number of hydrogen-bond acceptors (Lipinski definition) is 4. The molecule has 0 aliphatic heterocycles. The minimum Gasteiger partial charge on any atom is -0.350 e. The molecule has 1 aromatic carbocycles. The number of nitrogens with zero attached hydrogens (tertiary/aromatic N) is 4. The number of rotatable bonds is 5. The number of anilines is 1. The first kappa shape index (κ1) is 16.4. The lowest BCUT2D eigenvalue weighted by Gasteiger charge is -2.09. The Labute approximate surface area is 132 Å². The minimum absolute atomic E-state index is 0.0554. The molecule has 122 valence electrons. The summed E-state index contributed by atoms with van der Waals surface area (Å²) in [4.78, 5) is 24.6. The van der Waals surface area contributed by atoms with Crippen LogP contribution < -0.4 is 10.6 Å². The molecule has 1 aromatic heterocycles. The molecular weight excluding hydrogens is 303 g/mol. The zero-order valence-corrected chi connectivity index (χ0v) is 12.8. The van der Waals surface area contributed by atoms with Gasteiger partial charge in [-0.05, 0) is 17.7 Å². The van der Waals surface area contributed by atoms with Gasteiger partial charge in [-0.25, -0.2) is 13.9 Å². The Morgan fingerprint density at radius 3 is 2.83 bits per heavy atom. The van der Waals surface area contributed by atoms with Gasteiger partial charge in [-0.15, -0.1) is 5.10 Å². The summed E-state index contributed by atoms with van der Waals surface area (Å²) < 4.78 is 14.3. The van der Waals surface area contributed by atoms with Crippen molar-refractivity contribution in [1.82, 2.24) is 25.2 Å². The van der Waals surface area contributed by atoms with Crippen molar-refractivity contribution in [2.24, 2.45) is 0 Å². The molecule has 2 rings (SSSR count). The number of hydrogen-bond donors (Lipinski definition) is 2. The molecular formula is C14H17FN6O2. The van der Waals surface area contributed by atoms with E-state index in [2.05, 4.69) is 20.9 Å². The van der Waals surface area contributed by atoms with E-state index in [9.17, 15) is 14.0 Å². The van der Waals surface area contributed by atoms with Crippen molar-refractivity contribution >= 4 is 17.8 Å². The van der Waals surface area contributed by atoms with Gasteiger partial charge in [0.25, 0.3) is 0 Å². The molecule has 0 bridgehead atoms. The highest BCUT2D eigenvalue weighted by molar-refractivity contribution is 5.87. The van der Waals surface area contributed by atoms with Gasteiger partial charge < -0.3 is 10.2 Å². The Hall–Kier alpha value is -2.97. The third-order valence-corrected chi connectivity index (χ3v) is 2.86. The molecule has 2 N–H and O–H groups in total. The number of carbonyl (C=O) groups excluding carboxylic acids is 2. The maximum atomic E-state index is 13.0. The summed E-state index contributed by atoms with van der Waals surface area (Å²) in [6.07, 6.45) is 1.45. The van der Waals surface area contributed by atoms with Crippen LogP contribution in [0.3, 0.4) is 0 Å². The molecule has 0 fully saturated rings. The van der Waals surface area contributed by atoms with Gasteiger partial charge in [0.05, 0.1) is 6.20 Å². The van der Waals surface area contributed by atoms with Crippen LogP contribution in [0, 0.1) is 5.82 Å². The van der Waals surface area contributed by atoms with Gasteiger partial charge in [0, 0.05) is 20.6 Å². The highest BCUT2D eigenvalue weighted by Gasteiger charge is 2.09. The van der Waals surface area contributed by atoms with Crippen molar-refractivity contribution in [2.45, 2.75) is 13.1 Å². The standard InChI is InChI=1S/C14H17FN6O2/c1-20(2)14(23)17-12-8-21(19-18-12)9-13(22)16-7-10-4-3-5-11(15)6-10/h3-6,8H,7,9H2,1-2H3,(H,16,22)(H,17,23). The van der Waals surface area contributed by atoms with Crippen molar-refractivity contribution < 1.29 is 14.0 Å². The van der Waals surface area contributed by atoms with Crippen LogP contribution in [0.15, 0.2) is 30.5 Å². The van der Waals surface area contributed by atoms with Crippen LogP contribution in [0.5, 0.6) is 0 Å². The van der Waals surface area contributed by atoms with Crippen LogP contribution >= 0.6 is 0 Å². The zero-order chi connectivity index (χ0) is 16.8. The number of amides is 3. The van der Waals surface area contributed by atoms with Gasteiger partial charge in [-0.2, -0.15) is 0 Å². The van der Waals surface area contributed by atoms with E-state index < -0.39 is 0 Å². The smallest absolute Gasteiger partial charge is 0.322 e. The summed E-state index contributed by atoms with van der Waals surface area (Å²) in [5, 5.41) is 12.7. The maximum Gasteiger partial charge on any atom is 0.322 e. The third-order valence-electron chi connectivity index (χ3n) is 2.86. The van der Waals surface area contributed by atoms with Crippen LogP contribution in [-0.2, 0) is 17.9 Å². The van der Waals surface area contributed by atoms with Gasteiger partial charge in [-0.3, -0.25) is 10.1 Å². The molecule has 0 saturated heterocycles. The van der Waals surface area contributed by atoms with Crippen LogP contribution in [0.2, 0.25) is 0 Å². The van der Waals surface area contributed by atoms with E-state index in [0.717, 1.165) is 0 Å². The van der Waals surface area contributed by atoms with Crippen molar-refractivity contribution in [3.8, 4) is 0 Å². The second-order valence-corrected chi connectivity index (χ2v) is 5.03. The van der Waals surface area contributed by atoms with Gasteiger partial charge in [-0.1, -0.05) is 17.3 Å². The van der Waals surface area contributed by atoms with E-state index >= 15 is 0 Å². The molecule has 1 heterocycles. The number of nitrogens with one attached hydrogen (secondary N) is 2. The lowest BCUT2D eigenvalue weighted by atomic mass is 10.2. The zero-order valence-electron chi connectivity index (χ0n) is 12.8. The van der Waals surface area contributed by atoms with Crippen LogP contribution in [-0.4, -0.2) is 45.9 Å². The van der Waals surface area contributed by atoms with Gasteiger partial charge in [0.1, 0.15) is 12.4 Å². The highest BCUT2D eigenvalue weighted by atomic mass is 19.1. The predicted octanol–water partition coefficient (Wildman–Crippen LogP) is 0.827. The first-order chi connectivity index (χ1) is 10.9. The fourth-order valence-electron chi connectivity index (χ4n) is 1.70. The summed E-state index contributed by atoms with van der Waals surface area (Å²) in [5.41, 5.74) is 0.663. The monoisotopic (exact) mass is 320 g/mol. The van der Waals surface area contributed by atoms with Crippen LogP contribution in [0.25, 0.3) is 0 Å². The SMILES string of the molecule is CN(C)C(=O)Nc1cn(CC(=O)NCc2cccc(F)c2)nn1. The minimum atomic E-state index is -0.352. The number of aromatic nitrogens is 3. The molecule has 0 spiro atoms. The topological polar surface area (TPSA) is 92.2 Å². The normalized spacial score (nSPS) is 10.2. The number of urea groups is 1. The molecule has 3 amide bonds. The molecule has 0 aliphatic rings. The van der Waals surface area contributed by atoms with Crippen LogP contribution in [0.4, 0.5) is 15.0 Å². The quantitative estimate of drug-likeness (QED) is 0.853. The maximum absolute atomic E-state index is 13.0.